The van der Waals surface area contributed by atoms with Gasteiger partial charge in [0.05, 0.1) is 23.0 Å². The smallest absolute Gasteiger partial charge is 0.267 e. The zero-order valence-corrected chi connectivity index (χ0v) is 17.6. The van der Waals surface area contributed by atoms with Gasteiger partial charge in [-0.2, -0.15) is 5.10 Å². The minimum Gasteiger partial charge on any atom is -0.349 e. The van der Waals surface area contributed by atoms with Gasteiger partial charge in [-0.3, -0.25) is 9.59 Å². The van der Waals surface area contributed by atoms with Gasteiger partial charge in [-0.15, -0.1) is 11.3 Å². The van der Waals surface area contributed by atoms with Crippen LogP contribution in [0.5, 0.6) is 0 Å². The second-order valence-corrected chi connectivity index (χ2v) is 8.46. The van der Waals surface area contributed by atoms with Crippen molar-refractivity contribution >= 4 is 28.8 Å². The van der Waals surface area contributed by atoms with Crippen molar-refractivity contribution in [2.75, 3.05) is 6.54 Å². The van der Waals surface area contributed by atoms with Gasteiger partial charge in [-0.1, -0.05) is 29.8 Å². The van der Waals surface area contributed by atoms with E-state index in [1.807, 2.05) is 18.2 Å². The number of nitrogens with one attached hydrogen (secondary N) is 1. The van der Waals surface area contributed by atoms with Gasteiger partial charge in [0.25, 0.3) is 11.5 Å². The summed E-state index contributed by atoms with van der Waals surface area (Å²) in [5.41, 5.74) is 3.42. The molecule has 0 aliphatic heterocycles. The van der Waals surface area contributed by atoms with Gasteiger partial charge in [0.2, 0.25) is 0 Å². The van der Waals surface area contributed by atoms with Gasteiger partial charge >= 0.3 is 0 Å². The van der Waals surface area contributed by atoms with Gasteiger partial charge < -0.3 is 5.32 Å². The lowest BCUT2D eigenvalue weighted by atomic mass is 9.97. The molecule has 0 atom stereocenters. The van der Waals surface area contributed by atoms with Gasteiger partial charge in [-0.25, -0.2) is 9.67 Å². The van der Waals surface area contributed by atoms with Crippen LogP contribution in [0.1, 0.15) is 39.5 Å². The highest BCUT2D eigenvalue weighted by Crippen LogP contribution is 2.32. The Labute approximate surface area is 177 Å². The summed E-state index contributed by atoms with van der Waals surface area (Å²) < 4.78 is 1.44. The second-order valence-electron chi connectivity index (χ2n) is 7.05. The van der Waals surface area contributed by atoms with Crippen molar-refractivity contribution in [2.24, 2.45) is 0 Å². The first-order chi connectivity index (χ1) is 14.0. The van der Waals surface area contributed by atoms with Crippen molar-refractivity contribution in [1.82, 2.24) is 20.1 Å². The number of thiazole rings is 1. The third kappa shape index (κ3) is 4.26. The molecule has 2 heterocycles. The molecule has 0 fully saturated rings. The van der Waals surface area contributed by atoms with E-state index in [4.69, 9.17) is 11.6 Å². The molecular weight excluding hydrogens is 408 g/mol. The number of fused-ring (bicyclic) bond motifs is 1. The Kier molecular flexibility index (Phi) is 5.78. The van der Waals surface area contributed by atoms with Crippen molar-refractivity contribution < 1.29 is 4.79 Å². The van der Waals surface area contributed by atoms with E-state index in [-0.39, 0.29) is 11.5 Å². The summed E-state index contributed by atoms with van der Waals surface area (Å²) in [6, 6.07) is 9.12. The van der Waals surface area contributed by atoms with Crippen LogP contribution in [0.2, 0.25) is 5.02 Å². The fraction of sp³-hybridized carbons (Fsp3) is 0.333. The molecule has 1 aliphatic rings. The SMILES string of the molecule is Cc1nc(-c2ccccc2Cl)sc1C(=O)NCCn1nc2c(cc1=O)CCCC2. The van der Waals surface area contributed by atoms with Gasteiger partial charge in [0.15, 0.2) is 0 Å². The van der Waals surface area contributed by atoms with E-state index in [1.165, 1.54) is 16.0 Å². The molecule has 1 aliphatic carbocycles. The zero-order chi connectivity index (χ0) is 20.4. The second kappa shape index (κ2) is 8.47. The quantitative estimate of drug-likeness (QED) is 0.673. The Bertz CT molecular complexity index is 1120. The number of aromatic nitrogens is 3. The van der Waals surface area contributed by atoms with Crippen LogP contribution in [-0.4, -0.2) is 27.2 Å². The predicted octanol–water partition coefficient (Wildman–Crippen LogP) is 3.64. The fourth-order valence-electron chi connectivity index (χ4n) is 3.47. The third-order valence-corrected chi connectivity index (χ3v) is 6.51. The minimum absolute atomic E-state index is 0.116. The maximum absolute atomic E-state index is 12.6. The van der Waals surface area contributed by atoms with Crippen molar-refractivity contribution in [3.8, 4) is 10.6 Å². The minimum atomic E-state index is -0.204. The van der Waals surface area contributed by atoms with Crippen molar-refractivity contribution in [3.05, 3.63) is 67.5 Å². The lowest BCUT2D eigenvalue weighted by molar-refractivity contribution is 0.0955. The molecular formula is C21H21ClN4O2S. The van der Waals surface area contributed by atoms with Crippen LogP contribution in [0.25, 0.3) is 10.6 Å². The highest BCUT2D eigenvalue weighted by atomic mass is 35.5. The molecule has 6 nitrogen and oxygen atoms in total. The van der Waals surface area contributed by atoms with Crippen LogP contribution in [0, 0.1) is 6.92 Å². The molecule has 1 aromatic carbocycles. The highest BCUT2D eigenvalue weighted by Gasteiger charge is 2.18. The number of benzene rings is 1. The molecule has 1 N–H and O–H groups in total. The Morgan fingerprint density at radius 2 is 2.07 bits per heavy atom. The van der Waals surface area contributed by atoms with E-state index in [9.17, 15) is 9.59 Å². The summed E-state index contributed by atoms with van der Waals surface area (Å²) in [4.78, 5) is 29.9. The summed E-state index contributed by atoms with van der Waals surface area (Å²) in [5, 5.41) is 8.67. The Morgan fingerprint density at radius 3 is 2.90 bits per heavy atom. The highest BCUT2D eigenvalue weighted by molar-refractivity contribution is 7.17. The summed E-state index contributed by atoms with van der Waals surface area (Å²) in [7, 11) is 0. The fourth-order valence-corrected chi connectivity index (χ4v) is 4.78. The van der Waals surface area contributed by atoms with Crippen LogP contribution >= 0.6 is 22.9 Å². The number of amides is 1. The first-order valence-electron chi connectivity index (χ1n) is 9.63. The molecule has 1 amide bonds. The molecule has 0 spiro atoms. The van der Waals surface area contributed by atoms with Gasteiger partial charge in [0.1, 0.15) is 9.88 Å². The number of hydrogen-bond acceptors (Lipinski definition) is 5. The first-order valence-corrected chi connectivity index (χ1v) is 10.8. The number of nitrogens with zero attached hydrogens (tertiary/aromatic N) is 3. The van der Waals surface area contributed by atoms with Crippen LogP contribution in [0.3, 0.4) is 0 Å². The number of hydrogen-bond donors (Lipinski definition) is 1. The molecule has 4 rings (SSSR count). The number of rotatable bonds is 5. The van der Waals surface area contributed by atoms with Crippen LogP contribution < -0.4 is 10.9 Å². The molecule has 2 aromatic heterocycles. The number of carbonyl (C=O) groups is 1. The number of carbonyl (C=O) groups excluding carboxylic acids is 1. The largest absolute Gasteiger partial charge is 0.349 e. The lowest BCUT2D eigenvalue weighted by Gasteiger charge is -2.15. The van der Waals surface area contributed by atoms with Crippen molar-refractivity contribution in [1.29, 1.82) is 0 Å². The maximum Gasteiger partial charge on any atom is 0.267 e. The summed E-state index contributed by atoms with van der Waals surface area (Å²) in [6.45, 7) is 2.47. The first kappa shape index (κ1) is 19.8. The van der Waals surface area contributed by atoms with E-state index >= 15 is 0 Å². The maximum atomic E-state index is 12.6. The Morgan fingerprint density at radius 1 is 1.28 bits per heavy atom. The van der Waals surface area contributed by atoms with E-state index in [0.717, 1.165) is 42.5 Å². The van der Waals surface area contributed by atoms with E-state index in [0.29, 0.717) is 33.7 Å². The molecule has 29 heavy (non-hydrogen) atoms. The normalized spacial score (nSPS) is 13.2. The molecule has 0 saturated heterocycles. The topological polar surface area (TPSA) is 76.9 Å². The molecule has 0 radical (unpaired) electrons. The standard InChI is InChI=1S/C21H21ClN4O2S/c1-13-19(29-21(24-13)15-7-3-4-8-16(15)22)20(28)23-10-11-26-18(27)12-14-6-2-5-9-17(14)25-26/h3-4,7-8,12H,2,5-6,9-11H2,1H3,(H,23,28). The number of aryl methyl sites for hydroxylation is 3. The monoisotopic (exact) mass is 428 g/mol. The number of halogens is 1. The molecule has 3 aromatic rings. The van der Waals surface area contributed by atoms with Crippen molar-refractivity contribution in [3.63, 3.8) is 0 Å². The van der Waals surface area contributed by atoms with Gasteiger partial charge in [0, 0.05) is 18.2 Å². The lowest BCUT2D eigenvalue weighted by Crippen LogP contribution is -2.33. The van der Waals surface area contributed by atoms with Crippen molar-refractivity contribution in [2.45, 2.75) is 39.2 Å². The van der Waals surface area contributed by atoms with E-state index in [1.54, 1.807) is 19.1 Å². The summed E-state index contributed by atoms with van der Waals surface area (Å²) in [6.07, 6.45) is 4.05. The average Bonchev–Trinajstić information content (AvgIpc) is 3.10. The third-order valence-electron chi connectivity index (χ3n) is 4.99. The van der Waals surface area contributed by atoms with Crippen LogP contribution in [0.15, 0.2) is 35.1 Å². The van der Waals surface area contributed by atoms with Gasteiger partial charge in [-0.05, 0) is 44.2 Å². The Hall–Kier alpha value is -2.51. The van der Waals surface area contributed by atoms with E-state index < -0.39 is 0 Å². The summed E-state index contributed by atoms with van der Waals surface area (Å²) >= 11 is 7.55. The summed E-state index contributed by atoms with van der Waals surface area (Å²) in [5.74, 6) is -0.204. The predicted molar refractivity (Wildman–Crippen MR) is 115 cm³/mol. The molecule has 8 heteroatoms. The Balaban J connectivity index is 1.43. The van der Waals surface area contributed by atoms with E-state index in [2.05, 4.69) is 15.4 Å². The average molecular weight is 429 g/mol. The molecule has 0 saturated carbocycles. The zero-order valence-electron chi connectivity index (χ0n) is 16.1. The molecule has 150 valence electrons. The van der Waals surface area contributed by atoms with Crippen LogP contribution in [-0.2, 0) is 19.4 Å². The molecule has 0 bridgehead atoms. The van der Waals surface area contributed by atoms with Crippen LogP contribution in [0.4, 0.5) is 0 Å². The molecule has 0 unspecified atom stereocenters.